The number of hydrogen-bond donors (Lipinski definition) is 1. The van der Waals surface area contributed by atoms with Crippen LogP contribution in [0.2, 0.25) is 5.02 Å². The predicted molar refractivity (Wildman–Crippen MR) is 135 cm³/mol. The van der Waals surface area contributed by atoms with Crippen molar-refractivity contribution in [2.75, 3.05) is 7.11 Å². The Bertz CT molecular complexity index is 1350. The number of halogens is 2. The van der Waals surface area contributed by atoms with E-state index in [1.165, 1.54) is 0 Å². The molecule has 0 bridgehead atoms. The van der Waals surface area contributed by atoms with Crippen LogP contribution in [0.1, 0.15) is 36.3 Å². The molecule has 8 heteroatoms. The zero-order valence-electron chi connectivity index (χ0n) is 19.0. The third-order valence-electron chi connectivity index (χ3n) is 6.74. The maximum Gasteiger partial charge on any atom is 0.191 e. The number of hydrogen-bond acceptors (Lipinski definition) is 6. The summed E-state index contributed by atoms with van der Waals surface area (Å²) in [6.07, 6.45) is 4.52. The minimum atomic E-state index is -1.66. The van der Waals surface area contributed by atoms with E-state index >= 15 is 0 Å². The van der Waals surface area contributed by atoms with Gasteiger partial charge in [0.2, 0.25) is 0 Å². The highest BCUT2D eigenvalue weighted by atomic mass is 79.9. The smallest absolute Gasteiger partial charge is 0.191 e. The van der Waals surface area contributed by atoms with Crippen molar-refractivity contribution in [3.8, 4) is 29.7 Å². The zero-order chi connectivity index (χ0) is 25.2. The molecule has 2 aliphatic carbocycles. The Labute approximate surface area is 217 Å². The maximum atomic E-state index is 10.2. The van der Waals surface area contributed by atoms with Gasteiger partial charge in [-0.15, -0.1) is 0 Å². The SMILES string of the molecule is COc1ccc([C@H]2[C@@H]3CCCC=C3C(C#N)=C(N)C2(C#N)C#N)cc1COc1ccc(Br)cc1Cl. The Morgan fingerprint density at radius 3 is 2.54 bits per heavy atom. The summed E-state index contributed by atoms with van der Waals surface area (Å²) in [4.78, 5) is 0. The van der Waals surface area contributed by atoms with Crippen LogP contribution in [0.3, 0.4) is 0 Å². The van der Waals surface area contributed by atoms with Crippen molar-refractivity contribution >= 4 is 27.5 Å². The third kappa shape index (κ3) is 4.25. The normalized spacial score (nSPS) is 20.5. The molecule has 0 amide bonds. The summed E-state index contributed by atoms with van der Waals surface area (Å²) < 4.78 is 12.4. The minimum absolute atomic E-state index is 0.0228. The lowest BCUT2D eigenvalue weighted by molar-refractivity contribution is 0.294. The summed E-state index contributed by atoms with van der Waals surface area (Å²) in [5.74, 6) is 0.417. The van der Waals surface area contributed by atoms with E-state index in [9.17, 15) is 15.8 Å². The largest absolute Gasteiger partial charge is 0.496 e. The van der Waals surface area contributed by atoms with Crippen LogP contribution in [0.5, 0.6) is 11.5 Å². The number of nitrogens with two attached hydrogens (primary N) is 1. The second-order valence-corrected chi connectivity index (χ2v) is 9.86. The number of nitriles is 3. The van der Waals surface area contributed by atoms with Crippen LogP contribution in [0.25, 0.3) is 0 Å². The van der Waals surface area contributed by atoms with Gasteiger partial charge in [0.05, 0.1) is 35.5 Å². The molecule has 0 spiro atoms. The molecule has 0 unspecified atom stereocenters. The Balaban J connectivity index is 1.81. The molecule has 4 rings (SSSR count). The first-order valence-electron chi connectivity index (χ1n) is 11.1. The topological polar surface area (TPSA) is 116 Å². The highest BCUT2D eigenvalue weighted by Crippen LogP contribution is 2.56. The van der Waals surface area contributed by atoms with Crippen molar-refractivity contribution in [2.24, 2.45) is 17.1 Å². The predicted octanol–water partition coefficient (Wildman–Crippen LogP) is 6.28. The Kier molecular flexibility index (Phi) is 7.08. The molecule has 2 aromatic rings. The van der Waals surface area contributed by atoms with Crippen molar-refractivity contribution < 1.29 is 9.47 Å². The van der Waals surface area contributed by atoms with Gasteiger partial charge in [0.15, 0.2) is 5.41 Å². The number of fused-ring (bicyclic) bond motifs is 1. The molecule has 176 valence electrons. The standard InChI is InChI=1S/C27H22BrClN4O2/c1-34-23-8-6-16(10-17(23)13-35-24-9-7-18(28)11-22(24)29)25-20-5-3-2-4-19(20)21(12-30)26(33)27(25,14-31)15-32/h4,6-11,20,25H,2-3,5,13,33H2,1H3/t20-,25+/m1/s1. The summed E-state index contributed by atoms with van der Waals surface area (Å²) in [5.41, 5.74) is 7.35. The van der Waals surface area contributed by atoms with E-state index in [0.717, 1.165) is 40.4 Å². The first-order valence-corrected chi connectivity index (χ1v) is 12.2. The fraction of sp³-hybridized carbons (Fsp3) is 0.296. The molecule has 2 aliphatic rings. The quantitative estimate of drug-likeness (QED) is 0.469. The van der Waals surface area contributed by atoms with Crippen molar-refractivity contribution in [3.63, 3.8) is 0 Å². The molecule has 0 aromatic heterocycles. The van der Waals surface area contributed by atoms with E-state index in [1.807, 2.05) is 30.3 Å². The summed E-state index contributed by atoms with van der Waals surface area (Å²) in [6.45, 7) is 0.166. The minimum Gasteiger partial charge on any atom is -0.496 e. The van der Waals surface area contributed by atoms with Gasteiger partial charge >= 0.3 is 0 Å². The summed E-state index contributed by atoms with van der Waals surface area (Å²) in [5, 5.41) is 30.8. The molecular formula is C27H22BrClN4O2. The molecule has 2 atom stereocenters. The van der Waals surface area contributed by atoms with Gasteiger partial charge in [-0.2, -0.15) is 15.8 Å². The number of methoxy groups -OCH3 is 1. The average molecular weight is 550 g/mol. The van der Waals surface area contributed by atoms with Crippen LogP contribution < -0.4 is 15.2 Å². The summed E-state index contributed by atoms with van der Waals surface area (Å²) in [6, 6.07) is 17.4. The van der Waals surface area contributed by atoms with Crippen LogP contribution in [-0.4, -0.2) is 7.11 Å². The number of nitrogens with zero attached hydrogens (tertiary/aromatic N) is 3. The van der Waals surface area contributed by atoms with Crippen molar-refractivity contribution in [1.82, 2.24) is 0 Å². The van der Waals surface area contributed by atoms with Crippen molar-refractivity contribution in [1.29, 1.82) is 15.8 Å². The summed E-state index contributed by atoms with van der Waals surface area (Å²) >= 11 is 9.69. The second-order valence-electron chi connectivity index (χ2n) is 8.54. The number of benzene rings is 2. The van der Waals surface area contributed by atoms with Gasteiger partial charge in [0, 0.05) is 16.0 Å². The maximum absolute atomic E-state index is 10.2. The molecule has 2 aromatic carbocycles. The average Bonchev–Trinajstić information content (AvgIpc) is 2.87. The van der Waals surface area contributed by atoms with Gasteiger partial charge in [-0.25, -0.2) is 0 Å². The van der Waals surface area contributed by atoms with Gasteiger partial charge in [-0.1, -0.05) is 39.7 Å². The lowest BCUT2D eigenvalue weighted by Gasteiger charge is -2.43. The van der Waals surface area contributed by atoms with Gasteiger partial charge in [0.25, 0.3) is 0 Å². The fourth-order valence-corrected chi connectivity index (χ4v) is 5.83. The van der Waals surface area contributed by atoms with Gasteiger partial charge < -0.3 is 15.2 Å². The second kappa shape index (κ2) is 10.0. The van der Waals surface area contributed by atoms with E-state index in [0.29, 0.717) is 16.5 Å². The van der Waals surface area contributed by atoms with Crippen molar-refractivity contribution in [2.45, 2.75) is 31.8 Å². The molecule has 6 nitrogen and oxygen atoms in total. The Hall–Kier alpha value is -3.44. The van der Waals surface area contributed by atoms with E-state index in [1.54, 1.807) is 19.2 Å². The fourth-order valence-electron chi connectivity index (χ4n) is 5.10. The molecule has 0 saturated carbocycles. The molecule has 0 radical (unpaired) electrons. The Morgan fingerprint density at radius 1 is 1.14 bits per heavy atom. The monoisotopic (exact) mass is 548 g/mol. The summed E-state index contributed by atoms with van der Waals surface area (Å²) in [7, 11) is 1.57. The highest BCUT2D eigenvalue weighted by molar-refractivity contribution is 9.10. The first kappa shape index (κ1) is 24.7. The molecule has 2 N–H and O–H groups in total. The van der Waals surface area contributed by atoms with Gasteiger partial charge in [-0.05, 0) is 66.6 Å². The zero-order valence-corrected chi connectivity index (χ0v) is 21.4. The van der Waals surface area contributed by atoms with Gasteiger partial charge in [0.1, 0.15) is 24.2 Å². The lowest BCUT2D eigenvalue weighted by Crippen LogP contribution is -2.42. The molecule has 35 heavy (non-hydrogen) atoms. The van der Waals surface area contributed by atoms with Crippen LogP contribution >= 0.6 is 27.5 Å². The van der Waals surface area contributed by atoms with Crippen LogP contribution in [-0.2, 0) is 6.61 Å². The van der Waals surface area contributed by atoms with Gasteiger partial charge in [-0.3, -0.25) is 0 Å². The molecule has 0 saturated heterocycles. The van der Waals surface area contributed by atoms with E-state index < -0.39 is 11.3 Å². The number of allylic oxidation sites excluding steroid dienone is 4. The number of rotatable bonds is 5. The molecule has 0 fully saturated rings. The highest BCUT2D eigenvalue weighted by Gasteiger charge is 2.53. The lowest BCUT2D eigenvalue weighted by atomic mass is 9.56. The molecular weight excluding hydrogens is 528 g/mol. The van der Waals surface area contributed by atoms with Crippen molar-refractivity contribution in [3.05, 3.63) is 79.9 Å². The van der Waals surface area contributed by atoms with Crippen LogP contribution in [0.15, 0.2) is 63.8 Å². The number of ether oxygens (including phenoxy) is 2. The Morgan fingerprint density at radius 2 is 1.89 bits per heavy atom. The van der Waals surface area contributed by atoms with E-state index in [4.69, 9.17) is 26.8 Å². The van der Waals surface area contributed by atoms with Crippen LogP contribution in [0.4, 0.5) is 0 Å². The van der Waals surface area contributed by atoms with Crippen LogP contribution in [0, 0.1) is 45.3 Å². The first-order chi connectivity index (χ1) is 16.9. The van der Waals surface area contributed by atoms with E-state index in [-0.39, 0.29) is 23.8 Å². The molecule has 0 heterocycles. The molecule has 0 aliphatic heterocycles. The third-order valence-corrected chi connectivity index (χ3v) is 7.53. The van der Waals surface area contributed by atoms with E-state index in [2.05, 4.69) is 34.1 Å².